The zero-order valence-corrected chi connectivity index (χ0v) is 11.7. The Morgan fingerprint density at radius 2 is 2.00 bits per heavy atom. The fraction of sp³-hybridized carbons (Fsp3) is 0.400. The number of nitrogens with one attached hydrogen (secondary N) is 2. The topological polar surface area (TPSA) is 40.7 Å². The summed E-state index contributed by atoms with van der Waals surface area (Å²) in [6.45, 7) is 2.18. The van der Waals surface area contributed by atoms with Crippen molar-refractivity contribution in [2.24, 2.45) is 5.92 Å². The molecule has 2 unspecified atom stereocenters. The minimum atomic E-state index is 0.292. The van der Waals surface area contributed by atoms with E-state index in [1.807, 2.05) is 24.5 Å². The van der Waals surface area contributed by atoms with Crippen LogP contribution in [0.5, 0.6) is 0 Å². The van der Waals surface area contributed by atoms with Crippen LogP contribution in [-0.4, -0.2) is 10.2 Å². The van der Waals surface area contributed by atoms with Crippen LogP contribution in [0, 0.1) is 5.92 Å². The molecule has 0 spiro atoms. The smallest absolute Gasteiger partial charge is 0.0534 e. The monoisotopic (exact) mass is 275 g/mol. The summed E-state index contributed by atoms with van der Waals surface area (Å²) in [5, 5.41) is 11.4. The van der Waals surface area contributed by atoms with Gasteiger partial charge in [0.2, 0.25) is 0 Å². The number of rotatable bonds is 5. The second-order valence-electron chi connectivity index (χ2n) is 5.29. The van der Waals surface area contributed by atoms with Gasteiger partial charge in [-0.3, -0.25) is 5.10 Å². The lowest BCUT2D eigenvalue weighted by Gasteiger charge is -2.23. The number of hydrogen-bond donors (Lipinski definition) is 2. The summed E-state index contributed by atoms with van der Waals surface area (Å²) in [6.07, 6.45) is 6.43. The van der Waals surface area contributed by atoms with Crippen LogP contribution in [-0.2, 0) is 0 Å². The van der Waals surface area contributed by atoms with Gasteiger partial charge in [-0.1, -0.05) is 23.7 Å². The minimum absolute atomic E-state index is 0.292. The molecule has 1 fully saturated rings. The zero-order valence-electron chi connectivity index (χ0n) is 10.9. The molecule has 1 aromatic heterocycles. The Hall–Kier alpha value is -1.32. The van der Waals surface area contributed by atoms with Crippen molar-refractivity contribution >= 4 is 11.6 Å². The molecule has 0 amide bonds. The highest BCUT2D eigenvalue weighted by molar-refractivity contribution is 6.30. The van der Waals surface area contributed by atoms with Crippen molar-refractivity contribution in [3.63, 3.8) is 0 Å². The third kappa shape index (κ3) is 2.99. The van der Waals surface area contributed by atoms with Crippen LogP contribution in [0.1, 0.15) is 43.0 Å². The average Bonchev–Trinajstić information content (AvgIpc) is 3.10. The molecule has 0 radical (unpaired) electrons. The van der Waals surface area contributed by atoms with E-state index in [9.17, 15) is 0 Å². The fourth-order valence-corrected chi connectivity index (χ4v) is 2.59. The van der Waals surface area contributed by atoms with Gasteiger partial charge in [0, 0.05) is 28.9 Å². The maximum atomic E-state index is 5.97. The van der Waals surface area contributed by atoms with Gasteiger partial charge in [0.15, 0.2) is 0 Å². The first kappa shape index (κ1) is 12.7. The predicted octanol–water partition coefficient (Wildman–Crippen LogP) is 3.87. The second-order valence-corrected chi connectivity index (χ2v) is 5.72. The van der Waals surface area contributed by atoms with Gasteiger partial charge in [-0.05, 0) is 43.4 Å². The molecule has 100 valence electrons. The number of H-pyrrole nitrogens is 1. The van der Waals surface area contributed by atoms with Gasteiger partial charge in [0.1, 0.15) is 0 Å². The Kier molecular flexibility index (Phi) is 3.58. The van der Waals surface area contributed by atoms with E-state index in [0.29, 0.717) is 12.1 Å². The molecule has 1 saturated carbocycles. The van der Waals surface area contributed by atoms with E-state index in [-0.39, 0.29) is 0 Å². The van der Waals surface area contributed by atoms with Crippen LogP contribution in [0.15, 0.2) is 36.7 Å². The lowest BCUT2D eigenvalue weighted by molar-refractivity contribution is 0.427. The predicted molar refractivity (Wildman–Crippen MR) is 77.1 cm³/mol. The van der Waals surface area contributed by atoms with Crippen molar-refractivity contribution in [2.75, 3.05) is 0 Å². The van der Waals surface area contributed by atoms with Crippen molar-refractivity contribution < 1.29 is 0 Å². The number of benzene rings is 1. The van der Waals surface area contributed by atoms with Gasteiger partial charge in [-0.25, -0.2) is 0 Å². The Morgan fingerprint density at radius 1 is 1.26 bits per heavy atom. The van der Waals surface area contributed by atoms with E-state index < -0.39 is 0 Å². The van der Waals surface area contributed by atoms with Crippen LogP contribution in [0.4, 0.5) is 0 Å². The summed E-state index contributed by atoms with van der Waals surface area (Å²) >= 11 is 5.97. The summed E-state index contributed by atoms with van der Waals surface area (Å²) in [5.41, 5.74) is 2.52. The molecule has 3 rings (SSSR count). The molecule has 3 nitrogen and oxygen atoms in total. The van der Waals surface area contributed by atoms with E-state index in [4.69, 9.17) is 11.6 Å². The SMILES string of the molecule is CC(NC(c1ccc(Cl)cc1)C1CC1)c1cn[nH]c1. The van der Waals surface area contributed by atoms with Gasteiger partial charge < -0.3 is 5.32 Å². The first-order chi connectivity index (χ1) is 9.24. The third-order valence-electron chi connectivity index (χ3n) is 3.77. The number of nitrogens with zero attached hydrogens (tertiary/aromatic N) is 1. The minimum Gasteiger partial charge on any atom is -0.303 e. The molecule has 1 heterocycles. The average molecular weight is 276 g/mol. The molecule has 2 N–H and O–H groups in total. The van der Waals surface area contributed by atoms with E-state index in [1.54, 1.807) is 0 Å². The van der Waals surface area contributed by atoms with Crippen molar-refractivity contribution in [1.29, 1.82) is 0 Å². The molecule has 4 heteroatoms. The second kappa shape index (κ2) is 5.35. The molecule has 1 aliphatic rings. The van der Waals surface area contributed by atoms with Crippen molar-refractivity contribution in [2.45, 2.75) is 31.8 Å². The summed E-state index contributed by atoms with van der Waals surface area (Å²) in [7, 11) is 0. The highest BCUT2D eigenvalue weighted by Gasteiger charge is 2.33. The molecule has 2 atom stereocenters. The highest BCUT2D eigenvalue weighted by Crippen LogP contribution is 2.42. The number of hydrogen-bond acceptors (Lipinski definition) is 2. The van der Waals surface area contributed by atoms with Crippen LogP contribution >= 0.6 is 11.6 Å². The Labute approximate surface area is 118 Å². The maximum Gasteiger partial charge on any atom is 0.0534 e. The lowest BCUT2D eigenvalue weighted by atomic mass is 10.0. The number of aromatic nitrogens is 2. The quantitative estimate of drug-likeness (QED) is 0.870. The molecule has 1 aliphatic carbocycles. The largest absolute Gasteiger partial charge is 0.303 e. The van der Waals surface area contributed by atoms with Crippen LogP contribution in [0.2, 0.25) is 5.02 Å². The van der Waals surface area contributed by atoms with Crippen LogP contribution < -0.4 is 5.32 Å². The van der Waals surface area contributed by atoms with Crippen LogP contribution in [0.3, 0.4) is 0 Å². The molecule has 0 bridgehead atoms. The van der Waals surface area contributed by atoms with Crippen LogP contribution in [0.25, 0.3) is 0 Å². The van der Waals surface area contributed by atoms with Gasteiger partial charge in [0.05, 0.1) is 6.20 Å². The third-order valence-corrected chi connectivity index (χ3v) is 4.02. The summed E-state index contributed by atoms with van der Waals surface area (Å²) in [6, 6.07) is 8.88. The van der Waals surface area contributed by atoms with E-state index in [1.165, 1.54) is 24.0 Å². The molecule has 19 heavy (non-hydrogen) atoms. The van der Waals surface area contributed by atoms with E-state index in [0.717, 1.165) is 10.9 Å². The first-order valence-electron chi connectivity index (χ1n) is 6.74. The molecule has 0 saturated heterocycles. The lowest BCUT2D eigenvalue weighted by Crippen LogP contribution is -2.26. The van der Waals surface area contributed by atoms with Gasteiger partial charge >= 0.3 is 0 Å². The summed E-state index contributed by atoms with van der Waals surface area (Å²) < 4.78 is 0. The summed E-state index contributed by atoms with van der Waals surface area (Å²) in [5.74, 6) is 0.746. The molecular formula is C15H18ClN3. The number of aromatic amines is 1. The maximum absolute atomic E-state index is 5.97. The molecule has 2 aromatic rings. The summed E-state index contributed by atoms with van der Waals surface area (Å²) in [4.78, 5) is 0. The van der Waals surface area contributed by atoms with Gasteiger partial charge in [0.25, 0.3) is 0 Å². The zero-order chi connectivity index (χ0) is 13.2. The Balaban J connectivity index is 1.76. The van der Waals surface area contributed by atoms with Gasteiger partial charge in [-0.2, -0.15) is 5.10 Å². The van der Waals surface area contributed by atoms with Crippen molar-refractivity contribution in [3.05, 3.63) is 52.8 Å². The molecular weight excluding hydrogens is 258 g/mol. The number of halogens is 1. The standard InChI is InChI=1S/C15H18ClN3/c1-10(13-8-17-18-9-13)19-15(11-2-3-11)12-4-6-14(16)7-5-12/h4-11,15,19H,2-3H2,1H3,(H,17,18). The molecule has 1 aromatic carbocycles. The highest BCUT2D eigenvalue weighted by atomic mass is 35.5. The molecule has 0 aliphatic heterocycles. The fourth-order valence-electron chi connectivity index (χ4n) is 2.47. The Morgan fingerprint density at radius 3 is 2.58 bits per heavy atom. The van der Waals surface area contributed by atoms with E-state index >= 15 is 0 Å². The first-order valence-corrected chi connectivity index (χ1v) is 7.12. The van der Waals surface area contributed by atoms with E-state index in [2.05, 4.69) is 34.6 Å². The van der Waals surface area contributed by atoms with Crippen molar-refractivity contribution in [1.82, 2.24) is 15.5 Å². The van der Waals surface area contributed by atoms with Gasteiger partial charge in [-0.15, -0.1) is 0 Å². The Bertz CT molecular complexity index is 517. The van der Waals surface area contributed by atoms with Crippen molar-refractivity contribution in [3.8, 4) is 0 Å². The normalized spacial score (nSPS) is 18.2.